The highest BCUT2D eigenvalue weighted by atomic mass is 35.5. The minimum Gasteiger partial charge on any atom is -0.444 e. The minimum atomic E-state index is -0.559. The summed E-state index contributed by atoms with van der Waals surface area (Å²) in [5, 5.41) is 11.5. The van der Waals surface area contributed by atoms with E-state index in [-0.39, 0.29) is 34.6 Å². The fourth-order valence-electron chi connectivity index (χ4n) is 5.14. The third-order valence-electron chi connectivity index (χ3n) is 7.17. The minimum absolute atomic E-state index is 0.0139. The van der Waals surface area contributed by atoms with Crippen LogP contribution in [0.25, 0.3) is 16.6 Å². The predicted octanol–water partition coefficient (Wildman–Crippen LogP) is 5.76. The van der Waals surface area contributed by atoms with Gasteiger partial charge >= 0.3 is 6.09 Å². The van der Waals surface area contributed by atoms with Crippen LogP contribution >= 0.6 is 11.6 Å². The van der Waals surface area contributed by atoms with E-state index in [2.05, 4.69) is 30.7 Å². The van der Waals surface area contributed by atoms with E-state index in [1.807, 2.05) is 40.0 Å². The molecule has 1 amide bonds. The largest absolute Gasteiger partial charge is 0.444 e. The van der Waals surface area contributed by atoms with Gasteiger partial charge in [-0.1, -0.05) is 11.6 Å². The first-order valence-electron chi connectivity index (χ1n) is 14.0. The number of aliphatic imine (C=N–C) groups is 1. The number of hydrogen-bond donors (Lipinski definition) is 4. The first-order valence-corrected chi connectivity index (χ1v) is 14.4. The van der Waals surface area contributed by atoms with Gasteiger partial charge < -0.3 is 26.8 Å². The second-order valence-electron chi connectivity index (χ2n) is 11.7. The van der Waals surface area contributed by atoms with Crippen molar-refractivity contribution in [3.05, 3.63) is 65.0 Å². The molecule has 1 saturated carbocycles. The van der Waals surface area contributed by atoms with Gasteiger partial charge in [0.05, 0.1) is 39.4 Å². The number of aryl methyl sites for hydroxylation is 1. The van der Waals surface area contributed by atoms with Crippen LogP contribution in [0.15, 0.2) is 47.8 Å². The van der Waals surface area contributed by atoms with E-state index < -0.39 is 17.5 Å². The molecule has 226 valence electrons. The van der Waals surface area contributed by atoms with Crippen LogP contribution in [-0.2, 0) is 4.74 Å². The van der Waals surface area contributed by atoms with Crippen LogP contribution < -0.4 is 22.1 Å². The number of nitrogens with zero attached hydrogens (tertiary/aromatic N) is 5. The molecular weight excluding hydrogens is 573 g/mol. The standard InChI is InChI=1S/C30H35ClFN9O2/c1-16-21(13-35-28(34)37-16)17-11-25-26(38-19-6-8-20(9-7-19)39-29(42)43-30(2,3)4)22(14-36-41(25)15-17)27(33)40-24-12-18(32)5-10-23(24)31/h5,10-15,19-20,38H,6-9H2,1-4H3,(H2,33,40)(H,39,42)(H2,34,35,37)/t19-,20-. The Morgan fingerprint density at radius 2 is 1.88 bits per heavy atom. The molecule has 6 N–H and O–H groups in total. The predicted molar refractivity (Wildman–Crippen MR) is 166 cm³/mol. The molecule has 11 nitrogen and oxygen atoms in total. The van der Waals surface area contributed by atoms with E-state index in [0.29, 0.717) is 11.3 Å². The van der Waals surface area contributed by atoms with Gasteiger partial charge in [-0.2, -0.15) is 5.10 Å². The summed E-state index contributed by atoms with van der Waals surface area (Å²) in [5.74, 6) is -0.151. The molecule has 4 aromatic rings. The lowest BCUT2D eigenvalue weighted by molar-refractivity contribution is 0.0492. The highest BCUT2D eigenvalue weighted by Crippen LogP contribution is 2.33. The van der Waals surface area contributed by atoms with Crippen LogP contribution in [0.4, 0.5) is 26.5 Å². The van der Waals surface area contributed by atoms with Crippen molar-refractivity contribution in [2.75, 3.05) is 11.1 Å². The Morgan fingerprint density at radius 3 is 2.58 bits per heavy atom. The molecule has 5 rings (SSSR count). The number of aromatic nitrogens is 4. The molecule has 0 atom stereocenters. The van der Waals surface area contributed by atoms with E-state index in [1.54, 1.807) is 16.9 Å². The monoisotopic (exact) mass is 607 g/mol. The number of nitrogens with two attached hydrogens (primary N) is 2. The SMILES string of the molecule is Cc1nc(N)ncc1-c1cc2c(N[C@H]3CC[C@H](NC(=O)OC(C)(C)C)CC3)c(/C(N)=N/c3cc(F)ccc3Cl)cnn2c1. The van der Waals surface area contributed by atoms with Crippen molar-refractivity contribution in [3.63, 3.8) is 0 Å². The van der Waals surface area contributed by atoms with Crippen LogP contribution in [0.3, 0.4) is 0 Å². The number of rotatable bonds is 6. The van der Waals surface area contributed by atoms with Crippen LogP contribution in [0, 0.1) is 12.7 Å². The molecule has 13 heteroatoms. The van der Waals surface area contributed by atoms with Gasteiger partial charge in [-0.05, 0) is 71.6 Å². The van der Waals surface area contributed by atoms with Gasteiger partial charge in [-0.15, -0.1) is 0 Å². The summed E-state index contributed by atoms with van der Waals surface area (Å²) in [6, 6.07) is 5.98. The number of carbonyl (C=O) groups excluding carboxylic acids is 1. The fourth-order valence-corrected chi connectivity index (χ4v) is 5.30. The van der Waals surface area contributed by atoms with Gasteiger partial charge in [0, 0.05) is 41.7 Å². The molecule has 0 aliphatic heterocycles. The number of anilines is 2. The topological polar surface area (TPSA) is 158 Å². The van der Waals surface area contributed by atoms with E-state index >= 15 is 0 Å². The zero-order chi connectivity index (χ0) is 30.9. The number of amidine groups is 1. The Kier molecular flexibility index (Phi) is 8.41. The molecular formula is C30H35ClFN9O2. The van der Waals surface area contributed by atoms with Crippen molar-refractivity contribution >= 4 is 46.4 Å². The third-order valence-corrected chi connectivity index (χ3v) is 7.49. The second-order valence-corrected chi connectivity index (χ2v) is 12.1. The second kappa shape index (κ2) is 12.0. The number of alkyl carbamates (subject to hydrolysis) is 1. The van der Waals surface area contributed by atoms with Gasteiger partial charge in [0.25, 0.3) is 0 Å². The molecule has 3 heterocycles. The zero-order valence-corrected chi connectivity index (χ0v) is 25.2. The number of halogens is 2. The molecule has 43 heavy (non-hydrogen) atoms. The smallest absolute Gasteiger partial charge is 0.407 e. The summed E-state index contributed by atoms with van der Waals surface area (Å²) < 4.78 is 21.1. The number of hydrogen-bond acceptors (Lipinski definition) is 8. The Balaban J connectivity index is 1.47. The van der Waals surface area contributed by atoms with Crippen LogP contribution in [0.2, 0.25) is 5.02 Å². The average molecular weight is 608 g/mol. The van der Waals surface area contributed by atoms with E-state index in [1.165, 1.54) is 18.2 Å². The maximum atomic E-state index is 14.0. The molecule has 0 spiro atoms. The van der Waals surface area contributed by atoms with E-state index in [0.717, 1.165) is 48.0 Å². The van der Waals surface area contributed by atoms with Crippen molar-refractivity contribution in [3.8, 4) is 11.1 Å². The molecule has 0 radical (unpaired) electrons. The summed E-state index contributed by atoms with van der Waals surface area (Å²) in [5.41, 5.74) is 16.3. The molecule has 1 fully saturated rings. The van der Waals surface area contributed by atoms with Crippen molar-refractivity contribution < 1.29 is 13.9 Å². The first-order chi connectivity index (χ1) is 20.4. The summed E-state index contributed by atoms with van der Waals surface area (Å²) in [6.45, 7) is 7.38. The Morgan fingerprint density at radius 1 is 1.16 bits per heavy atom. The van der Waals surface area contributed by atoms with Gasteiger partial charge in [0.2, 0.25) is 5.95 Å². The van der Waals surface area contributed by atoms with Crippen molar-refractivity contribution in [2.24, 2.45) is 10.7 Å². The summed E-state index contributed by atoms with van der Waals surface area (Å²) in [4.78, 5) is 25.2. The van der Waals surface area contributed by atoms with E-state index in [9.17, 15) is 9.18 Å². The van der Waals surface area contributed by atoms with Crippen LogP contribution in [-0.4, -0.2) is 49.2 Å². The third kappa shape index (κ3) is 7.14. The van der Waals surface area contributed by atoms with Crippen LogP contribution in [0.1, 0.15) is 57.7 Å². The van der Waals surface area contributed by atoms with Gasteiger partial charge in [0.1, 0.15) is 17.3 Å². The molecule has 1 aliphatic carbocycles. The lowest BCUT2D eigenvalue weighted by Gasteiger charge is -2.31. The fraction of sp³-hybridized carbons (Fsp3) is 0.367. The number of ether oxygens (including phenoxy) is 1. The normalized spacial score (nSPS) is 17.6. The summed E-state index contributed by atoms with van der Waals surface area (Å²) in [6.07, 6.45) is 7.89. The van der Waals surface area contributed by atoms with Gasteiger partial charge in [-0.3, -0.25) is 0 Å². The number of benzene rings is 1. The molecule has 3 aromatic heterocycles. The summed E-state index contributed by atoms with van der Waals surface area (Å²) in [7, 11) is 0. The van der Waals surface area contributed by atoms with Gasteiger partial charge in [0.15, 0.2) is 0 Å². The average Bonchev–Trinajstić information content (AvgIpc) is 3.35. The first kappa shape index (κ1) is 30.0. The zero-order valence-electron chi connectivity index (χ0n) is 24.5. The Hall–Kier alpha value is -4.45. The Bertz CT molecular complexity index is 1690. The maximum absolute atomic E-state index is 14.0. The molecule has 0 bridgehead atoms. The number of nitrogens with one attached hydrogen (secondary N) is 2. The number of fused-ring (bicyclic) bond motifs is 1. The number of carbonyl (C=O) groups is 1. The molecule has 0 unspecified atom stereocenters. The number of nitrogen functional groups attached to an aromatic ring is 1. The molecule has 1 aliphatic rings. The molecule has 0 saturated heterocycles. The highest BCUT2D eigenvalue weighted by Gasteiger charge is 2.26. The Labute approximate surface area is 253 Å². The lowest BCUT2D eigenvalue weighted by atomic mass is 9.91. The van der Waals surface area contributed by atoms with Crippen molar-refractivity contribution in [1.29, 1.82) is 0 Å². The lowest BCUT2D eigenvalue weighted by Crippen LogP contribution is -2.42. The van der Waals surface area contributed by atoms with Crippen LogP contribution in [0.5, 0.6) is 0 Å². The highest BCUT2D eigenvalue weighted by molar-refractivity contribution is 6.33. The maximum Gasteiger partial charge on any atom is 0.407 e. The van der Waals surface area contributed by atoms with Crippen molar-refractivity contribution in [2.45, 2.75) is 71.1 Å². The molecule has 1 aromatic carbocycles. The van der Waals surface area contributed by atoms with Crippen molar-refractivity contribution in [1.82, 2.24) is 24.9 Å². The summed E-state index contributed by atoms with van der Waals surface area (Å²) >= 11 is 6.28. The quantitative estimate of drug-likeness (QED) is 0.159. The van der Waals surface area contributed by atoms with Gasteiger partial charge in [-0.25, -0.2) is 28.7 Å². The van der Waals surface area contributed by atoms with E-state index in [4.69, 9.17) is 27.8 Å². The number of amides is 1.